The first-order valence-corrected chi connectivity index (χ1v) is 8.49. The molecule has 0 unspecified atom stereocenters. The fourth-order valence-corrected chi connectivity index (χ4v) is 3.39. The summed E-state index contributed by atoms with van der Waals surface area (Å²) in [4.78, 5) is 12.7. The third-order valence-corrected chi connectivity index (χ3v) is 4.75. The van der Waals surface area contributed by atoms with Crippen molar-refractivity contribution < 1.29 is 9.53 Å². The molecule has 0 radical (unpaired) electrons. The molecule has 1 aliphatic carbocycles. The van der Waals surface area contributed by atoms with E-state index in [9.17, 15) is 4.79 Å². The zero-order valence-corrected chi connectivity index (χ0v) is 14.2. The summed E-state index contributed by atoms with van der Waals surface area (Å²) < 4.78 is 5.89. The molecular weight excluding hydrogens is 286 g/mol. The number of hydrogen-bond acceptors (Lipinski definition) is 2. The number of carbonyl (C=O) groups excluding carboxylic acids is 1. The second-order valence-corrected chi connectivity index (χ2v) is 7.05. The van der Waals surface area contributed by atoms with Crippen molar-refractivity contribution in [1.82, 2.24) is 0 Å². The second kappa shape index (κ2) is 6.23. The van der Waals surface area contributed by atoms with E-state index in [-0.39, 0.29) is 17.4 Å². The van der Waals surface area contributed by atoms with Crippen molar-refractivity contribution in [3.05, 3.63) is 36.4 Å². The van der Waals surface area contributed by atoms with E-state index in [0.717, 1.165) is 47.9 Å². The monoisotopic (exact) mass is 311 g/mol. The Bertz CT molecular complexity index is 715. The van der Waals surface area contributed by atoms with Gasteiger partial charge in [0.2, 0.25) is 5.91 Å². The van der Waals surface area contributed by atoms with Gasteiger partial charge in [-0.2, -0.15) is 0 Å². The van der Waals surface area contributed by atoms with E-state index in [1.54, 1.807) is 0 Å². The maximum Gasteiger partial charge on any atom is 0.230 e. The molecule has 0 spiro atoms. The van der Waals surface area contributed by atoms with Crippen LogP contribution in [0.1, 0.15) is 46.5 Å². The Hall–Kier alpha value is -2.03. The average molecular weight is 311 g/mol. The molecule has 122 valence electrons. The zero-order chi connectivity index (χ0) is 16.4. The lowest BCUT2D eigenvalue weighted by Crippen LogP contribution is -2.30. The second-order valence-electron chi connectivity index (χ2n) is 7.05. The topological polar surface area (TPSA) is 38.3 Å². The summed E-state index contributed by atoms with van der Waals surface area (Å²) in [5.41, 5.74) is 0.642. The summed E-state index contributed by atoms with van der Waals surface area (Å²) >= 11 is 0. The van der Waals surface area contributed by atoms with Gasteiger partial charge in [-0.3, -0.25) is 4.79 Å². The van der Waals surface area contributed by atoms with Crippen LogP contribution in [0.15, 0.2) is 36.4 Å². The van der Waals surface area contributed by atoms with Crippen molar-refractivity contribution in [3.8, 4) is 5.75 Å². The van der Waals surface area contributed by atoms with Gasteiger partial charge in [0, 0.05) is 21.9 Å². The van der Waals surface area contributed by atoms with Crippen LogP contribution in [-0.2, 0) is 4.79 Å². The maximum absolute atomic E-state index is 12.7. The summed E-state index contributed by atoms with van der Waals surface area (Å²) in [6.45, 7) is 6.12. The molecule has 0 saturated heterocycles. The molecule has 1 aliphatic rings. The molecule has 1 saturated carbocycles. The molecule has 0 aliphatic heterocycles. The van der Waals surface area contributed by atoms with E-state index in [2.05, 4.69) is 12.2 Å². The van der Waals surface area contributed by atoms with Crippen molar-refractivity contribution in [2.75, 3.05) is 5.32 Å². The number of anilines is 1. The molecule has 0 aromatic heterocycles. The van der Waals surface area contributed by atoms with Gasteiger partial charge in [-0.25, -0.2) is 0 Å². The van der Waals surface area contributed by atoms with Gasteiger partial charge in [-0.05, 0) is 38.8 Å². The highest BCUT2D eigenvalue weighted by Crippen LogP contribution is 2.39. The summed E-state index contributed by atoms with van der Waals surface area (Å²) in [5.74, 6) is 0.998. The van der Waals surface area contributed by atoms with Crippen LogP contribution < -0.4 is 10.1 Å². The van der Waals surface area contributed by atoms with Crippen molar-refractivity contribution in [2.24, 2.45) is 5.41 Å². The first-order valence-electron chi connectivity index (χ1n) is 8.49. The van der Waals surface area contributed by atoms with Crippen molar-refractivity contribution in [2.45, 2.75) is 52.6 Å². The van der Waals surface area contributed by atoms with E-state index < -0.39 is 0 Å². The van der Waals surface area contributed by atoms with Crippen LogP contribution in [0.4, 0.5) is 5.69 Å². The molecule has 3 heteroatoms. The first-order chi connectivity index (χ1) is 11.0. The predicted molar refractivity (Wildman–Crippen MR) is 94.9 cm³/mol. The normalized spacial score (nSPS) is 16.7. The molecule has 1 amide bonds. The summed E-state index contributed by atoms with van der Waals surface area (Å²) in [6, 6.07) is 12.0. The molecule has 1 fully saturated rings. The SMILES string of the molecule is CC(C)Oc1ccc(NC(=O)C2(C)CCCC2)c2ccccc12. The molecule has 3 rings (SSSR count). The summed E-state index contributed by atoms with van der Waals surface area (Å²) in [6.07, 6.45) is 4.37. The zero-order valence-electron chi connectivity index (χ0n) is 14.2. The first kappa shape index (κ1) is 15.9. The van der Waals surface area contributed by atoms with Gasteiger partial charge in [-0.1, -0.05) is 44.0 Å². The Morgan fingerprint density at radius 3 is 2.39 bits per heavy atom. The number of nitrogens with one attached hydrogen (secondary N) is 1. The highest BCUT2D eigenvalue weighted by atomic mass is 16.5. The number of carbonyl (C=O) groups is 1. The van der Waals surface area contributed by atoms with Crippen molar-refractivity contribution in [3.63, 3.8) is 0 Å². The molecule has 2 aromatic carbocycles. The van der Waals surface area contributed by atoms with Crippen LogP contribution in [0.3, 0.4) is 0 Å². The third-order valence-electron chi connectivity index (χ3n) is 4.75. The number of hydrogen-bond donors (Lipinski definition) is 1. The molecular formula is C20H25NO2. The molecule has 0 atom stereocenters. The van der Waals surface area contributed by atoms with E-state index in [0.29, 0.717) is 0 Å². The molecule has 23 heavy (non-hydrogen) atoms. The Morgan fingerprint density at radius 2 is 1.74 bits per heavy atom. The highest BCUT2D eigenvalue weighted by Gasteiger charge is 2.36. The standard InChI is InChI=1S/C20H25NO2/c1-14(2)23-18-11-10-17(15-8-4-5-9-16(15)18)21-19(22)20(3)12-6-7-13-20/h4-5,8-11,14H,6-7,12-13H2,1-3H3,(H,21,22). The Kier molecular flexibility index (Phi) is 4.29. The molecule has 0 bridgehead atoms. The van der Waals surface area contributed by atoms with E-state index in [4.69, 9.17) is 4.74 Å². The number of benzene rings is 2. The molecule has 1 N–H and O–H groups in total. The lowest BCUT2D eigenvalue weighted by atomic mass is 9.87. The maximum atomic E-state index is 12.7. The van der Waals surface area contributed by atoms with Gasteiger partial charge in [0.1, 0.15) is 5.75 Å². The minimum Gasteiger partial charge on any atom is -0.490 e. The van der Waals surface area contributed by atoms with Crippen LogP contribution >= 0.6 is 0 Å². The van der Waals surface area contributed by atoms with E-state index in [1.165, 1.54) is 0 Å². The lowest BCUT2D eigenvalue weighted by Gasteiger charge is -2.23. The van der Waals surface area contributed by atoms with Crippen LogP contribution in [0.5, 0.6) is 5.75 Å². The summed E-state index contributed by atoms with van der Waals surface area (Å²) in [7, 11) is 0. The Balaban J connectivity index is 1.94. The third kappa shape index (κ3) is 3.19. The van der Waals surface area contributed by atoms with Crippen LogP contribution in [-0.4, -0.2) is 12.0 Å². The van der Waals surface area contributed by atoms with Gasteiger partial charge >= 0.3 is 0 Å². The smallest absolute Gasteiger partial charge is 0.230 e. The van der Waals surface area contributed by atoms with Crippen molar-refractivity contribution in [1.29, 1.82) is 0 Å². The van der Waals surface area contributed by atoms with Crippen LogP contribution in [0, 0.1) is 5.41 Å². The largest absolute Gasteiger partial charge is 0.490 e. The Labute approximate surface area is 138 Å². The molecule has 3 nitrogen and oxygen atoms in total. The van der Waals surface area contributed by atoms with E-state index >= 15 is 0 Å². The van der Waals surface area contributed by atoms with Crippen LogP contribution in [0.2, 0.25) is 0 Å². The molecule has 2 aromatic rings. The number of amides is 1. The van der Waals surface area contributed by atoms with Gasteiger partial charge in [0.25, 0.3) is 0 Å². The lowest BCUT2D eigenvalue weighted by molar-refractivity contribution is -0.124. The minimum atomic E-state index is -0.228. The van der Waals surface area contributed by atoms with Gasteiger partial charge in [0.15, 0.2) is 0 Å². The van der Waals surface area contributed by atoms with Gasteiger partial charge in [0.05, 0.1) is 6.10 Å². The summed E-state index contributed by atoms with van der Waals surface area (Å²) in [5, 5.41) is 5.22. The number of rotatable bonds is 4. The van der Waals surface area contributed by atoms with Gasteiger partial charge < -0.3 is 10.1 Å². The fraction of sp³-hybridized carbons (Fsp3) is 0.450. The van der Waals surface area contributed by atoms with Crippen LogP contribution in [0.25, 0.3) is 10.8 Å². The van der Waals surface area contributed by atoms with E-state index in [1.807, 2.05) is 50.2 Å². The quantitative estimate of drug-likeness (QED) is 0.848. The van der Waals surface area contributed by atoms with Gasteiger partial charge in [-0.15, -0.1) is 0 Å². The highest BCUT2D eigenvalue weighted by molar-refractivity contribution is 6.05. The fourth-order valence-electron chi connectivity index (χ4n) is 3.39. The minimum absolute atomic E-state index is 0.122. The number of ether oxygens (including phenoxy) is 1. The predicted octanol–water partition coefficient (Wildman–Crippen LogP) is 5.15. The number of fused-ring (bicyclic) bond motifs is 1. The van der Waals surface area contributed by atoms with Crippen molar-refractivity contribution >= 4 is 22.4 Å². The molecule has 0 heterocycles. The average Bonchev–Trinajstić information content (AvgIpc) is 2.97. The Morgan fingerprint density at radius 1 is 1.09 bits per heavy atom.